The van der Waals surface area contributed by atoms with Gasteiger partial charge in [-0.15, -0.1) is 0 Å². The van der Waals surface area contributed by atoms with E-state index in [4.69, 9.17) is 20.6 Å². The highest BCUT2D eigenvalue weighted by molar-refractivity contribution is 7.55. The second kappa shape index (κ2) is 7.54. The van der Waals surface area contributed by atoms with Gasteiger partial charge in [0.2, 0.25) is 0 Å². The van der Waals surface area contributed by atoms with Crippen LogP contribution in [0, 0.1) is 0 Å². The fraction of sp³-hybridized carbons (Fsp3) is 0.625. The number of carboxylic acids is 1. The van der Waals surface area contributed by atoms with E-state index in [0.29, 0.717) is 23.8 Å². The normalized spacial score (nSPS) is 14.4. The van der Waals surface area contributed by atoms with Crippen LogP contribution >= 0.6 is 7.60 Å². The summed E-state index contributed by atoms with van der Waals surface area (Å²) in [7, 11) is -4.28. The van der Waals surface area contributed by atoms with Gasteiger partial charge in [0.1, 0.15) is 6.04 Å². The molecule has 1 atom stereocenters. The largest absolute Gasteiger partial charge is 0.480 e. The maximum Gasteiger partial charge on any atom is 0.348 e. The molecule has 100 valence electrons. The number of nitrogens with two attached hydrogens (primary N) is 1. The smallest absolute Gasteiger partial charge is 0.348 e. The predicted molar refractivity (Wildman–Crippen MR) is 59.4 cm³/mol. The van der Waals surface area contributed by atoms with Crippen molar-refractivity contribution in [3.8, 4) is 0 Å². The number of nitrogens with zero attached hydrogens (tertiary/aromatic N) is 1. The van der Waals surface area contributed by atoms with Gasteiger partial charge in [0.25, 0.3) is 0 Å². The zero-order valence-corrected chi connectivity index (χ0v) is 10.0. The molecule has 0 radical (unpaired) electrons. The lowest BCUT2D eigenvalue weighted by atomic mass is 10.1. The standard InChI is InChI=1S/C8H17N2O6P/c9-4-1-3-7(8(11)12)10(13)5-2-6-17(14,15)16/h2,6-7,13H,1,3-5,9H2,(H,11,12)(H2,14,15,16)/t7-/m0/s1. The van der Waals surface area contributed by atoms with Gasteiger partial charge in [0.15, 0.2) is 0 Å². The minimum Gasteiger partial charge on any atom is -0.480 e. The third kappa shape index (κ3) is 8.03. The molecule has 6 N–H and O–H groups in total. The third-order valence-electron chi connectivity index (χ3n) is 1.92. The van der Waals surface area contributed by atoms with E-state index >= 15 is 0 Å². The number of hydrogen-bond donors (Lipinski definition) is 5. The van der Waals surface area contributed by atoms with Crippen LogP contribution in [0.1, 0.15) is 12.8 Å². The van der Waals surface area contributed by atoms with Crippen molar-refractivity contribution in [2.24, 2.45) is 5.73 Å². The lowest BCUT2D eigenvalue weighted by Gasteiger charge is -2.20. The Hall–Kier alpha value is -0.760. The first-order valence-corrected chi connectivity index (χ1v) is 6.57. The number of hydroxylamine groups is 2. The van der Waals surface area contributed by atoms with Gasteiger partial charge >= 0.3 is 13.6 Å². The van der Waals surface area contributed by atoms with E-state index < -0.39 is 19.6 Å². The summed E-state index contributed by atoms with van der Waals surface area (Å²) < 4.78 is 10.5. The minimum atomic E-state index is -4.28. The molecule has 0 unspecified atom stereocenters. The summed E-state index contributed by atoms with van der Waals surface area (Å²) in [5.74, 6) is -0.608. The zero-order chi connectivity index (χ0) is 13.5. The van der Waals surface area contributed by atoms with E-state index in [9.17, 15) is 14.6 Å². The predicted octanol–water partition coefficient (Wildman–Crippen LogP) is -0.439. The first-order valence-electron chi connectivity index (χ1n) is 4.89. The number of aliphatic carboxylic acids is 1. The van der Waals surface area contributed by atoms with E-state index in [1.165, 1.54) is 0 Å². The monoisotopic (exact) mass is 268 g/mol. The first kappa shape index (κ1) is 16.2. The van der Waals surface area contributed by atoms with Gasteiger partial charge in [-0.1, -0.05) is 6.08 Å². The molecule has 0 bridgehead atoms. The molecule has 0 aromatic rings. The first-order chi connectivity index (χ1) is 7.78. The summed E-state index contributed by atoms with van der Waals surface area (Å²) in [6.07, 6.45) is 1.60. The van der Waals surface area contributed by atoms with Crippen molar-refractivity contribution in [1.82, 2.24) is 5.06 Å². The average molecular weight is 268 g/mol. The highest BCUT2D eigenvalue weighted by atomic mass is 31.2. The number of carbonyl (C=O) groups is 1. The summed E-state index contributed by atoms with van der Waals surface area (Å²) in [4.78, 5) is 27.8. The van der Waals surface area contributed by atoms with Crippen molar-refractivity contribution in [2.75, 3.05) is 13.1 Å². The molecule has 0 aliphatic carbocycles. The molecular weight excluding hydrogens is 251 g/mol. The number of carboxylic acid groups (broad SMARTS) is 1. The Kier molecular flexibility index (Phi) is 7.21. The van der Waals surface area contributed by atoms with Crippen molar-refractivity contribution < 1.29 is 29.5 Å². The minimum absolute atomic E-state index is 0.159. The van der Waals surface area contributed by atoms with E-state index in [2.05, 4.69) is 0 Å². The molecule has 0 aromatic carbocycles. The van der Waals surface area contributed by atoms with Crippen molar-refractivity contribution >= 4 is 13.6 Å². The summed E-state index contributed by atoms with van der Waals surface area (Å²) >= 11 is 0. The molecule has 8 nitrogen and oxygen atoms in total. The van der Waals surface area contributed by atoms with Crippen LogP contribution in [0.25, 0.3) is 0 Å². The average Bonchev–Trinajstić information content (AvgIpc) is 2.15. The second-order valence-electron chi connectivity index (χ2n) is 3.38. The maximum atomic E-state index is 10.8. The number of rotatable bonds is 8. The molecule has 0 aliphatic heterocycles. The Labute approximate surface area is 98.5 Å². The summed E-state index contributed by atoms with van der Waals surface area (Å²) in [6.45, 7) is 0.0165. The highest BCUT2D eigenvalue weighted by Crippen LogP contribution is 2.35. The molecule has 0 aromatic heterocycles. The van der Waals surface area contributed by atoms with Gasteiger partial charge in [-0.3, -0.25) is 9.36 Å². The molecule has 0 fully saturated rings. The van der Waals surface area contributed by atoms with Crippen molar-refractivity contribution in [2.45, 2.75) is 18.9 Å². The summed E-state index contributed by atoms with van der Waals surface area (Å²) in [5, 5.41) is 18.7. The van der Waals surface area contributed by atoms with Gasteiger partial charge in [-0.25, -0.2) is 0 Å². The van der Waals surface area contributed by atoms with Crippen LogP contribution in [0.4, 0.5) is 0 Å². The highest BCUT2D eigenvalue weighted by Gasteiger charge is 2.23. The van der Waals surface area contributed by atoms with Crippen LogP contribution in [0.5, 0.6) is 0 Å². The van der Waals surface area contributed by atoms with Crippen LogP contribution in [0.2, 0.25) is 0 Å². The maximum absolute atomic E-state index is 10.8. The van der Waals surface area contributed by atoms with Crippen LogP contribution in [-0.2, 0) is 9.36 Å². The van der Waals surface area contributed by atoms with E-state index in [-0.39, 0.29) is 13.0 Å². The molecule has 0 amide bonds. The molecule has 0 rings (SSSR count). The zero-order valence-electron chi connectivity index (χ0n) is 9.14. The van der Waals surface area contributed by atoms with Crippen LogP contribution < -0.4 is 5.73 Å². The topological polar surface area (TPSA) is 144 Å². The molecule has 0 aliphatic rings. The molecular formula is C8H17N2O6P. The van der Waals surface area contributed by atoms with E-state index in [0.717, 1.165) is 6.08 Å². The molecule has 0 saturated carbocycles. The molecule has 9 heteroatoms. The van der Waals surface area contributed by atoms with E-state index in [1.807, 2.05) is 0 Å². The third-order valence-corrected chi connectivity index (χ3v) is 2.52. The number of hydrogen-bond acceptors (Lipinski definition) is 5. The van der Waals surface area contributed by atoms with Crippen molar-refractivity contribution in [3.63, 3.8) is 0 Å². The van der Waals surface area contributed by atoms with Gasteiger partial charge in [0.05, 0.1) is 0 Å². The fourth-order valence-corrected chi connectivity index (χ4v) is 1.50. The fourth-order valence-electron chi connectivity index (χ4n) is 1.13. The van der Waals surface area contributed by atoms with Crippen molar-refractivity contribution in [3.05, 3.63) is 11.9 Å². The Bertz CT molecular complexity index is 315. The van der Waals surface area contributed by atoms with Gasteiger partial charge in [-0.2, -0.15) is 5.06 Å². The molecule has 17 heavy (non-hydrogen) atoms. The Morgan fingerprint density at radius 1 is 1.47 bits per heavy atom. The Morgan fingerprint density at radius 2 is 2.06 bits per heavy atom. The molecule has 0 saturated heterocycles. The lowest BCUT2D eigenvalue weighted by Crippen LogP contribution is -2.39. The second-order valence-corrected chi connectivity index (χ2v) is 4.86. The lowest BCUT2D eigenvalue weighted by molar-refractivity contribution is -0.167. The van der Waals surface area contributed by atoms with Gasteiger partial charge in [-0.05, 0) is 19.4 Å². The molecule has 0 heterocycles. The van der Waals surface area contributed by atoms with Crippen LogP contribution in [0.3, 0.4) is 0 Å². The Balaban J connectivity index is 4.33. The van der Waals surface area contributed by atoms with Crippen LogP contribution in [0.15, 0.2) is 11.9 Å². The van der Waals surface area contributed by atoms with E-state index in [1.54, 1.807) is 0 Å². The summed E-state index contributed by atoms with van der Waals surface area (Å²) in [6, 6.07) is -1.14. The van der Waals surface area contributed by atoms with Crippen LogP contribution in [-0.4, -0.2) is 50.3 Å². The SMILES string of the molecule is NCCC[C@@H](C(=O)O)N(O)CC=CP(=O)(O)O. The Morgan fingerprint density at radius 3 is 2.47 bits per heavy atom. The summed E-state index contributed by atoms with van der Waals surface area (Å²) in [5.41, 5.74) is 5.22. The van der Waals surface area contributed by atoms with Gasteiger partial charge in [0, 0.05) is 12.4 Å². The van der Waals surface area contributed by atoms with Crippen molar-refractivity contribution in [1.29, 1.82) is 0 Å². The van der Waals surface area contributed by atoms with Gasteiger partial charge < -0.3 is 25.8 Å². The molecule has 0 spiro atoms. The quantitative estimate of drug-likeness (QED) is 0.294.